The van der Waals surface area contributed by atoms with Gasteiger partial charge in [-0.2, -0.15) is 0 Å². The van der Waals surface area contributed by atoms with E-state index in [0.717, 1.165) is 10.6 Å². The highest BCUT2D eigenvalue weighted by molar-refractivity contribution is 7.92. The van der Waals surface area contributed by atoms with Crippen molar-refractivity contribution < 1.29 is 27.5 Å². The molecule has 0 aliphatic heterocycles. The number of sulfonamides is 1. The van der Waals surface area contributed by atoms with Crippen molar-refractivity contribution in [2.45, 2.75) is 52.2 Å². The molecule has 0 spiro atoms. The number of carbonyl (C=O) groups excluding carboxylic acids is 2. The fourth-order valence-electron chi connectivity index (χ4n) is 3.78. The third kappa shape index (κ3) is 8.15. The molecule has 2 rings (SSSR count). The maximum atomic E-state index is 13.8. The molecule has 38 heavy (non-hydrogen) atoms. The van der Waals surface area contributed by atoms with E-state index >= 15 is 0 Å². The average Bonchev–Trinajstić information content (AvgIpc) is 2.87. The predicted molar refractivity (Wildman–Crippen MR) is 151 cm³/mol. The number of carbonyl (C=O) groups is 2. The molecule has 0 bridgehead atoms. The van der Waals surface area contributed by atoms with E-state index in [9.17, 15) is 18.0 Å². The number of ether oxygens (including phenoxy) is 2. The van der Waals surface area contributed by atoms with E-state index in [2.05, 4.69) is 5.32 Å². The third-order valence-electron chi connectivity index (χ3n) is 6.08. The molecule has 0 aromatic heterocycles. The maximum absolute atomic E-state index is 13.8. The minimum absolute atomic E-state index is 0.0291. The molecule has 12 heteroatoms. The Balaban J connectivity index is 2.54. The summed E-state index contributed by atoms with van der Waals surface area (Å²) in [6.45, 7) is 4.99. The fraction of sp³-hybridized carbons (Fsp3) is 0.462. The summed E-state index contributed by atoms with van der Waals surface area (Å²) in [7, 11) is -1.08. The van der Waals surface area contributed by atoms with Crippen molar-refractivity contribution in [1.82, 2.24) is 10.2 Å². The van der Waals surface area contributed by atoms with E-state index < -0.39 is 28.5 Å². The maximum Gasteiger partial charge on any atom is 0.244 e. The zero-order valence-electron chi connectivity index (χ0n) is 22.5. The second-order valence-corrected chi connectivity index (χ2v) is 11.6. The first-order valence-electron chi connectivity index (χ1n) is 12.1. The van der Waals surface area contributed by atoms with Crippen LogP contribution in [0.2, 0.25) is 10.0 Å². The normalized spacial score (nSPS) is 12.8. The molecule has 1 N–H and O–H groups in total. The minimum Gasteiger partial charge on any atom is -0.497 e. The van der Waals surface area contributed by atoms with Gasteiger partial charge < -0.3 is 19.7 Å². The molecule has 0 unspecified atom stereocenters. The first kappa shape index (κ1) is 31.5. The number of hydrogen-bond donors (Lipinski definition) is 1. The highest BCUT2D eigenvalue weighted by Gasteiger charge is 2.33. The van der Waals surface area contributed by atoms with Crippen LogP contribution in [0.5, 0.6) is 11.5 Å². The van der Waals surface area contributed by atoms with Crippen LogP contribution in [0.3, 0.4) is 0 Å². The first-order chi connectivity index (χ1) is 17.9. The molecule has 9 nitrogen and oxygen atoms in total. The largest absolute Gasteiger partial charge is 0.497 e. The highest BCUT2D eigenvalue weighted by Crippen LogP contribution is 2.34. The molecule has 2 amide bonds. The summed E-state index contributed by atoms with van der Waals surface area (Å²) < 4.78 is 37.3. The molecular weight excluding hydrogens is 553 g/mol. The Bertz CT molecular complexity index is 1240. The Hall–Kier alpha value is -2.69. The summed E-state index contributed by atoms with van der Waals surface area (Å²) >= 11 is 12.4. The lowest BCUT2D eigenvalue weighted by molar-refractivity contribution is -0.140. The van der Waals surface area contributed by atoms with Crippen LogP contribution in [-0.2, 0) is 26.2 Å². The smallest absolute Gasteiger partial charge is 0.244 e. The van der Waals surface area contributed by atoms with Gasteiger partial charge in [0.25, 0.3) is 0 Å². The summed E-state index contributed by atoms with van der Waals surface area (Å²) in [6, 6.07) is 8.47. The van der Waals surface area contributed by atoms with Crippen molar-refractivity contribution in [2.24, 2.45) is 0 Å². The minimum atomic E-state index is -3.94. The van der Waals surface area contributed by atoms with Crippen molar-refractivity contribution in [3.8, 4) is 11.5 Å². The van der Waals surface area contributed by atoms with Gasteiger partial charge in [0.1, 0.15) is 24.1 Å². The number of hydrogen-bond acceptors (Lipinski definition) is 6. The van der Waals surface area contributed by atoms with Gasteiger partial charge in [-0.15, -0.1) is 0 Å². The molecular formula is C26H35Cl2N3O6S. The van der Waals surface area contributed by atoms with Crippen LogP contribution in [-0.4, -0.2) is 64.2 Å². The van der Waals surface area contributed by atoms with E-state index in [4.69, 9.17) is 32.7 Å². The fourth-order valence-corrected chi connectivity index (χ4v) is 5.10. The Morgan fingerprint density at radius 3 is 2.24 bits per heavy atom. The molecule has 0 saturated carbocycles. The number of nitrogens with one attached hydrogen (secondary N) is 1. The van der Waals surface area contributed by atoms with Crippen LogP contribution < -0.4 is 19.1 Å². The molecule has 0 heterocycles. The molecule has 210 valence electrons. The van der Waals surface area contributed by atoms with Crippen molar-refractivity contribution >= 4 is 50.7 Å². The standard InChI is InChI=1S/C26H35Cl2N3O6S/c1-7-17(3)29-26(33)22(8-2)30(15-18-9-10-19(27)13-21(18)28)25(32)16-31(38(6,34)35)23-12-11-20(36-4)14-24(23)37-5/h9-14,17,22H,7-8,15-16H2,1-6H3,(H,29,33)/t17-,22-/m0/s1. The van der Waals surface area contributed by atoms with Gasteiger partial charge in [-0.3, -0.25) is 13.9 Å². The molecule has 0 fully saturated rings. The van der Waals surface area contributed by atoms with E-state index in [1.165, 1.54) is 31.3 Å². The van der Waals surface area contributed by atoms with Crippen molar-refractivity contribution in [3.63, 3.8) is 0 Å². The lowest BCUT2D eigenvalue weighted by Crippen LogP contribution is -2.53. The quantitative estimate of drug-likeness (QED) is 0.370. The monoisotopic (exact) mass is 587 g/mol. The SMILES string of the molecule is CC[C@H](C)NC(=O)[C@H](CC)N(Cc1ccc(Cl)cc1Cl)C(=O)CN(c1ccc(OC)cc1OC)S(C)(=O)=O. The second kappa shape index (κ2) is 13.9. The van der Waals surface area contributed by atoms with E-state index in [1.807, 2.05) is 13.8 Å². The lowest BCUT2D eigenvalue weighted by Gasteiger charge is -2.33. The van der Waals surface area contributed by atoms with Crippen LogP contribution in [0.1, 0.15) is 39.2 Å². The number of benzene rings is 2. The average molecular weight is 589 g/mol. The zero-order chi connectivity index (χ0) is 28.6. The molecule has 2 aromatic rings. The van der Waals surface area contributed by atoms with Crippen LogP contribution >= 0.6 is 23.2 Å². The topological polar surface area (TPSA) is 105 Å². The Morgan fingerprint density at radius 2 is 1.71 bits per heavy atom. The molecule has 0 radical (unpaired) electrons. The lowest BCUT2D eigenvalue weighted by atomic mass is 10.1. The molecule has 0 saturated heterocycles. The van der Waals surface area contributed by atoms with Crippen molar-refractivity contribution in [3.05, 3.63) is 52.0 Å². The Labute approximate surface area is 235 Å². The molecule has 2 atom stereocenters. The van der Waals surface area contributed by atoms with Crippen molar-refractivity contribution in [1.29, 1.82) is 0 Å². The van der Waals surface area contributed by atoms with Gasteiger partial charge in [0.05, 0.1) is 26.2 Å². The summed E-state index contributed by atoms with van der Waals surface area (Å²) in [6.07, 6.45) is 2.00. The summed E-state index contributed by atoms with van der Waals surface area (Å²) in [5.41, 5.74) is 0.720. The van der Waals surface area contributed by atoms with Crippen LogP contribution in [0.4, 0.5) is 5.69 Å². The number of halogens is 2. The number of anilines is 1. The molecule has 0 aliphatic carbocycles. The van der Waals surface area contributed by atoms with E-state index in [-0.39, 0.29) is 29.9 Å². The molecule has 0 aliphatic rings. The van der Waals surface area contributed by atoms with Crippen LogP contribution in [0.25, 0.3) is 0 Å². The van der Waals surface area contributed by atoms with Gasteiger partial charge in [0, 0.05) is 28.7 Å². The molecule has 2 aromatic carbocycles. The van der Waals surface area contributed by atoms with Gasteiger partial charge in [0.15, 0.2) is 0 Å². The van der Waals surface area contributed by atoms with Gasteiger partial charge >= 0.3 is 0 Å². The van der Waals surface area contributed by atoms with E-state index in [0.29, 0.717) is 34.2 Å². The van der Waals surface area contributed by atoms with E-state index in [1.54, 1.807) is 31.2 Å². The number of nitrogens with zero attached hydrogens (tertiary/aromatic N) is 2. The number of methoxy groups -OCH3 is 2. The highest BCUT2D eigenvalue weighted by atomic mass is 35.5. The van der Waals surface area contributed by atoms with Gasteiger partial charge in [-0.1, -0.05) is 43.1 Å². The summed E-state index contributed by atoms with van der Waals surface area (Å²) in [4.78, 5) is 28.4. The number of rotatable bonds is 13. The van der Waals surface area contributed by atoms with Crippen LogP contribution in [0, 0.1) is 0 Å². The Kier molecular flexibility index (Phi) is 11.5. The second-order valence-electron chi connectivity index (χ2n) is 8.81. The first-order valence-corrected chi connectivity index (χ1v) is 14.7. The Morgan fingerprint density at radius 1 is 1.03 bits per heavy atom. The predicted octanol–water partition coefficient (Wildman–Crippen LogP) is 4.50. The van der Waals surface area contributed by atoms with Gasteiger partial charge in [-0.25, -0.2) is 8.42 Å². The summed E-state index contributed by atoms with van der Waals surface area (Å²) in [5, 5.41) is 3.67. The summed E-state index contributed by atoms with van der Waals surface area (Å²) in [5.74, 6) is -0.271. The zero-order valence-corrected chi connectivity index (χ0v) is 24.8. The number of amides is 2. The van der Waals surface area contributed by atoms with Crippen molar-refractivity contribution in [2.75, 3.05) is 31.3 Å². The van der Waals surface area contributed by atoms with Gasteiger partial charge in [-0.05, 0) is 49.6 Å². The van der Waals surface area contributed by atoms with Crippen LogP contribution in [0.15, 0.2) is 36.4 Å². The van der Waals surface area contributed by atoms with Gasteiger partial charge in [0.2, 0.25) is 21.8 Å². The third-order valence-corrected chi connectivity index (χ3v) is 7.79.